The Labute approximate surface area is 48.6 Å². The van der Waals surface area contributed by atoms with Crippen molar-refractivity contribution in [1.29, 1.82) is 0 Å². The molecule has 0 aliphatic heterocycles. The number of amides is 1. The summed E-state index contributed by atoms with van der Waals surface area (Å²) in [5.74, 6) is -0.888. The van der Waals surface area contributed by atoms with Gasteiger partial charge in [-0.1, -0.05) is 0 Å². The van der Waals surface area contributed by atoms with Gasteiger partial charge in [-0.3, -0.25) is 4.79 Å². The number of primary amides is 1. The molecule has 8 heavy (non-hydrogen) atoms. The van der Waals surface area contributed by atoms with Crippen LogP contribution in [0, 0.1) is 5.25 Å². The Morgan fingerprint density at radius 1 is 1.50 bits per heavy atom. The predicted molar refractivity (Wildman–Crippen MR) is 28.4 cm³/mol. The fourth-order valence-corrected chi connectivity index (χ4v) is 0.270. The summed E-state index contributed by atoms with van der Waals surface area (Å²) in [6.45, 7) is 1.16. The average molecular weight is 136 g/mol. The summed E-state index contributed by atoms with van der Waals surface area (Å²) in [6.07, 6.45) is 0. The highest BCUT2D eigenvalue weighted by molar-refractivity contribution is 7.76. The summed E-state index contributed by atoms with van der Waals surface area (Å²) in [5, 5.41) is -0.306. The van der Waals surface area contributed by atoms with Crippen LogP contribution in [0.5, 0.6) is 0 Å². The van der Waals surface area contributed by atoms with Crippen LogP contribution in [0.15, 0.2) is 0 Å². The Hall–Kier alpha value is -0.580. The van der Waals surface area contributed by atoms with Crippen LogP contribution in [-0.4, -0.2) is 14.3 Å². The Morgan fingerprint density at radius 3 is 1.88 bits per heavy atom. The zero-order chi connectivity index (χ0) is 6.73. The molecule has 0 saturated heterocycles. The molecular weight excluding hydrogens is 130 g/mol. The minimum atomic E-state index is -2.76. The fourth-order valence-electron chi connectivity index (χ4n) is 0.0900. The summed E-state index contributed by atoms with van der Waals surface area (Å²) in [6, 6.07) is 0. The molecule has 2 N–H and O–H groups in total. The second-order valence-electron chi connectivity index (χ2n) is 1.21. The van der Waals surface area contributed by atoms with Crippen molar-refractivity contribution in [2.45, 2.75) is 6.92 Å². The second-order valence-corrected chi connectivity index (χ2v) is 2.39. The molecular formula is C3H6NO3S. The largest absolute Gasteiger partial charge is 0.368 e. The molecule has 0 saturated carbocycles. The molecule has 0 aliphatic carbocycles. The summed E-state index contributed by atoms with van der Waals surface area (Å²) in [4.78, 5) is 9.94. The molecule has 4 nitrogen and oxygen atoms in total. The smallest absolute Gasteiger partial charge is 0.240 e. The monoisotopic (exact) mass is 136 g/mol. The van der Waals surface area contributed by atoms with Crippen LogP contribution in [0.3, 0.4) is 0 Å². The van der Waals surface area contributed by atoms with E-state index in [9.17, 15) is 13.2 Å². The van der Waals surface area contributed by atoms with Crippen LogP contribution in [-0.2, 0) is 15.5 Å². The number of nitrogens with two attached hydrogens (primary N) is 1. The van der Waals surface area contributed by atoms with E-state index in [1.807, 2.05) is 0 Å². The van der Waals surface area contributed by atoms with Crippen molar-refractivity contribution in [2.24, 2.45) is 5.73 Å². The van der Waals surface area contributed by atoms with Crippen molar-refractivity contribution in [3.63, 3.8) is 0 Å². The van der Waals surface area contributed by atoms with Crippen LogP contribution in [0.25, 0.3) is 0 Å². The molecule has 0 aromatic rings. The van der Waals surface area contributed by atoms with Crippen molar-refractivity contribution >= 4 is 16.6 Å². The van der Waals surface area contributed by atoms with Crippen LogP contribution in [0.1, 0.15) is 6.92 Å². The third kappa shape index (κ3) is 1.92. The average Bonchev–Trinajstić information content (AvgIpc) is 1.64. The molecule has 0 aliphatic rings. The molecule has 0 atom stereocenters. The minimum Gasteiger partial charge on any atom is -0.368 e. The van der Waals surface area contributed by atoms with E-state index in [1.54, 1.807) is 0 Å². The predicted octanol–water partition coefficient (Wildman–Crippen LogP) is -1.37. The van der Waals surface area contributed by atoms with E-state index in [2.05, 4.69) is 5.73 Å². The molecule has 1 radical (unpaired) electrons. The van der Waals surface area contributed by atoms with Crippen molar-refractivity contribution in [1.82, 2.24) is 0 Å². The first-order valence-electron chi connectivity index (χ1n) is 1.83. The van der Waals surface area contributed by atoms with Crippen LogP contribution >= 0.6 is 0 Å². The molecule has 0 aromatic carbocycles. The summed E-state index contributed by atoms with van der Waals surface area (Å²) >= 11 is 0. The van der Waals surface area contributed by atoms with E-state index in [4.69, 9.17) is 0 Å². The van der Waals surface area contributed by atoms with Gasteiger partial charge in [0.15, 0.2) is 16.0 Å². The highest BCUT2D eigenvalue weighted by atomic mass is 32.2. The summed E-state index contributed by atoms with van der Waals surface area (Å²) in [7, 11) is -2.76. The molecule has 0 bridgehead atoms. The Balaban J connectivity index is 4.04. The lowest BCUT2D eigenvalue weighted by atomic mass is 10.5. The molecule has 0 rings (SSSR count). The molecule has 0 spiro atoms. The topological polar surface area (TPSA) is 77.2 Å². The molecule has 1 amide bonds. The highest BCUT2D eigenvalue weighted by Gasteiger charge is 2.10. The van der Waals surface area contributed by atoms with Gasteiger partial charge in [0.25, 0.3) is 0 Å². The number of carbonyl (C=O) groups is 1. The van der Waals surface area contributed by atoms with Crippen molar-refractivity contribution in [3.8, 4) is 0 Å². The Morgan fingerprint density at radius 2 is 1.88 bits per heavy atom. The van der Waals surface area contributed by atoms with Crippen molar-refractivity contribution in [3.05, 3.63) is 5.25 Å². The van der Waals surface area contributed by atoms with E-state index >= 15 is 0 Å². The van der Waals surface area contributed by atoms with E-state index in [1.165, 1.54) is 0 Å². The third-order valence-electron chi connectivity index (χ3n) is 0.630. The lowest BCUT2D eigenvalue weighted by molar-refractivity contribution is -0.115. The molecule has 0 unspecified atom stereocenters. The molecule has 0 aromatic heterocycles. The van der Waals surface area contributed by atoms with Gasteiger partial charge < -0.3 is 5.73 Å². The van der Waals surface area contributed by atoms with E-state index < -0.39 is 16.6 Å². The Kier molecular flexibility index (Phi) is 2.47. The third-order valence-corrected chi connectivity index (χ3v) is 1.40. The fraction of sp³-hybridized carbons (Fsp3) is 0.333. The quantitative estimate of drug-likeness (QED) is 0.460. The lowest BCUT2D eigenvalue weighted by Crippen LogP contribution is -2.19. The number of thiol groups is 1. The number of hydrogen-bond acceptors (Lipinski definition) is 3. The van der Waals surface area contributed by atoms with E-state index in [0.717, 1.165) is 6.92 Å². The normalized spacial score (nSPS) is 10.4. The summed E-state index contributed by atoms with van der Waals surface area (Å²) < 4.78 is 19.7. The maximum absolute atomic E-state index is 9.94. The van der Waals surface area contributed by atoms with E-state index in [-0.39, 0.29) is 5.25 Å². The first kappa shape index (κ1) is 7.42. The first-order valence-corrected chi connectivity index (χ1v) is 3.01. The highest BCUT2D eigenvalue weighted by Crippen LogP contribution is 1.93. The minimum absolute atomic E-state index is 0.306. The lowest BCUT2D eigenvalue weighted by Gasteiger charge is -1.90. The first-order chi connectivity index (χ1) is 3.55. The van der Waals surface area contributed by atoms with Gasteiger partial charge in [-0.2, -0.15) is 0 Å². The van der Waals surface area contributed by atoms with Gasteiger partial charge >= 0.3 is 0 Å². The molecule has 0 heterocycles. The van der Waals surface area contributed by atoms with Gasteiger partial charge in [0, 0.05) is 0 Å². The van der Waals surface area contributed by atoms with Crippen molar-refractivity contribution in [2.75, 3.05) is 0 Å². The van der Waals surface area contributed by atoms with Gasteiger partial charge in [-0.05, 0) is 6.92 Å². The molecule has 0 fully saturated rings. The zero-order valence-corrected chi connectivity index (χ0v) is 5.14. The molecule has 47 valence electrons. The van der Waals surface area contributed by atoms with Crippen molar-refractivity contribution < 1.29 is 13.2 Å². The van der Waals surface area contributed by atoms with Crippen LogP contribution in [0.4, 0.5) is 0 Å². The van der Waals surface area contributed by atoms with Gasteiger partial charge in [-0.15, -0.1) is 0 Å². The maximum Gasteiger partial charge on any atom is 0.240 e. The Bertz CT molecular complexity index is 154. The number of rotatable bonds is 2. The van der Waals surface area contributed by atoms with Gasteiger partial charge in [0.1, 0.15) is 0 Å². The SMILES string of the molecule is C[C](C(N)=O)[SH](=O)=O. The zero-order valence-electron chi connectivity index (χ0n) is 4.25. The molecule has 5 heteroatoms. The van der Waals surface area contributed by atoms with Crippen LogP contribution in [0.2, 0.25) is 0 Å². The van der Waals surface area contributed by atoms with E-state index in [0.29, 0.717) is 0 Å². The number of carbonyl (C=O) groups excluding carboxylic acids is 1. The maximum atomic E-state index is 9.94. The standard InChI is InChI=1S/C3H6NO3S/c1-2(3(4)5)8(6)7/h8H,1H3,(H2,4,5). The van der Waals surface area contributed by atoms with Gasteiger partial charge in [-0.25, -0.2) is 8.42 Å². The summed E-state index contributed by atoms with van der Waals surface area (Å²) in [5.41, 5.74) is 4.58. The van der Waals surface area contributed by atoms with Gasteiger partial charge in [0.2, 0.25) is 5.91 Å². The number of hydrogen-bond donors (Lipinski definition) is 2. The van der Waals surface area contributed by atoms with Crippen LogP contribution < -0.4 is 5.73 Å². The van der Waals surface area contributed by atoms with Gasteiger partial charge in [0.05, 0.1) is 0 Å². The second kappa shape index (κ2) is 2.66.